The van der Waals surface area contributed by atoms with Gasteiger partial charge in [0.25, 0.3) is 0 Å². The van der Waals surface area contributed by atoms with Crippen LogP contribution in [0.3, 0.4) is 0 Å². The number of amides is 1. The van der Waals surface area contributed by atoms with E-state index in [0.717, 1.165) is 51.7 Å². The van der Waals surface area contributed by atoms with Gasteiger partial charge in [-0.05, 0) is 56.7 Å². The van der Waals surface area contributed by atoms with Crippen molar-refractivity contribution in [2.45, 2.75) is 50.6 Å². The quantitative estimate of drug-likeness (QED) is 0.468. The van der Waals surface area contributed by atoms with E-state index in [2.05, 4.69) is 26.3 Å². The summed E-state index contributed by atoms with van der Waals surface area (Å²) in [5.41, 5.74) is 8.05. The van der Waals surface area contributed by atoms with Crippen LogP contribution >= 0.6 is 11.6 Å². The van der Waals surface area contributed by atoms with Crippen LogP contribution in [-0.4, -0.2) is 44.7 Å². The van der Waals surface area contributed by atoms with Crippen LogP contribution < -0.4 is 16.4 Å². The maximum absolute atomic E-state index is 11.7. The molecule has 2 fully saturated rings. The lowest BCUT2D eigenvalue weighted by molar-refractivity contribution is -0.122. The fourth-order valence-corrected chi connectivity index (χ4v) is 5.07. The number of rotatable bonds is 6. The lowest BCUT2D eigenvalue weighted by Gasteiger charge is -2.29. The molecule has 1 saturated heterocycles. The summed E-state index contributed by atoms with van der Waals surface area (Å²) >= 11 is 6.43. The number of nitrogens with zero attached hydrogens (tertiary/aromatic N) is 5. The first-order valence-electron chi connectivity index (χ1n) is 11.9. The summed E-state index contributed by atoms with van der Waals surface area (Å²) in [6, 6.07) is 7.52. The number of nitrogens with one attached hydrogen (secondary N) is 2. The van der Waals surface area contributed by atoms with E-state index >= 15 is 0 Å². The molecule has 11 heteroatoms. The van der Waals surface area contributed by atoms with Crippen molar-refractivity contribution in [2.75, 3.05) is 23.8 Å². The van der Waals surface area contributed by atoms with E-state index in [9.17, 15) is 4.79 Å². The number of carbonyl (C=O) groups excluding carboxylic acids is 1. The number of hydrogen-bond donors (Lipinski definition) is 3. The van der Waals surface area contributed by atoms with Gasteiger partial charge in [-0.25, -0.2) is 9.97 Å². The summed E-state index contributed by atoms with van der Waals surface area (Å²) in [5, 5.41) is 16.3. The molecule has 10 nitrogen and oxygen atoms in total. The van der Waals surface area contributed by atoms with Crippen molar-refractivity contribution in [3.63, 3.8) is 0 Å². The molecule has 1 saturated carbocycles. The molecule has 1 amide bonds. The monoisotopic (exact) mass is 494 g/mol. The number of imidazole rings is 1. The Bertz CT molecular complexity index is 1270. The zero-order chi connectivity index (χ0) is 24.4. The minimum Gasteiger partial charge on any atom is -0.381 e. The van der Waals surface area contributed by atoms with Crippen LogP contribution in [0.5, 0.6) is 0 Å². The minimum absolute atomic E-state index is 0.0843. The van der Waals surface area contributed by atoms with Crippen molar-refractivity contribution in [3.8, 4) is 6.07 Å². The number of nitriles is 1. The normalized spacial score (nSPS) is 20.9. The largest absolute Gasteiger partial charge is 0.381 e. The summed E-state index contributed by atoms with van der Waals surface area (Å²) in [4.78, 5) is 25.8. The molecule has 2 aliphatic rings. The van der Waals surface area contributed by atoms with E-state index in [1.54, 1.807) is 24.4 Å². The Labute approximate surface area is 207 Å². The highest BCUT2D eigenvalue weighted by Gasteiger charge is 2.29. The summed E-state index contributed by atoms with van der Waals surface area (Å²) in [7, 11) is 0. The molecular formula is C24H27ClN8O2. The Hall–Kier alpha value is -3.42. The molecule has 3 aromatic rings. The smallest absolute Gasteiger partial charge is 0.224 e. The fourth-order valence-electron chi connectivity index (χ4n) is 4.84. The summed E-state index contributed by atoms with van der Waals surface area (Å²) < 4.78 is 7.53. The molecule has 0 bridgehead atoms. The molecular weight excluding hydrogens is 468 g/mol. The number of halogens is 1. The number of aromatic nitrogens is 4. The molecule has 0 atom stereocenters. The number of primary amides is 1. The van der Waals surface area contributed by atoms with E-state index in [4.69, 9.17) is 37.3 Å². The van der Waals surface area contributed by atoms with E-state index in [-0.39, 0.29) is 23.9 Å². The molecule has 3 heterocycles. The number of benzene rings is 1. The van der Waals surface area contributed by atoms with Gasteiger partial charge in [0.2, 0.25) is 17.8 Å². The van der Waals surface area contributed by atoms with Crippen molar-refractivity contribution in [2.24, 2.45) is 11.7 Å². The lowest BCUT2D eigenvalue weighted by Crippen LogP contribution is -2.29. The van der Waals surface area contributed by atoms with Gasteiger partial charge in [0.05, 0.1) is 28.5 Å². The zero-order valence-corrected chi connectivity index (χ0v) is 20.0. The second kappa shape index (κ2) is 10.1. The van der Waals surface area contributed by atoms with Crippen LogP contribution in [0.15, 0.2) is 24.4 Å². The second-order valence-corrected chi connectivity index (χ2v) is 9.49. The third kappa shape index (κ3) is 5.01. The van der Waals surface area contributed by atoms with E-state index in [0.29, 0.717) is 39.3 Å². The van der Waals surface area contributed by atoms with E-state index in [1.165, 1.54) is 0 Å². The number of hydrogen-bond acceptors (Lipinski definition) is 8. The molecule has 0 spiro atoms. The summed E-state index contributed by atoms with van der Waals surface area (Å²) in [6.45, 7) is 1.45. The Balaban J connectivity index is 1.50. The van der Waals surface area contributed by atoms with Crippen LogP contribution in [0.2, 0.25) is 5.02 Å². The maximum atomic E-state index is 11.7. The van der Waals surface area contributed by atoms with Crippen molar-refractivity contribution in [1.29, 1.82) is 5.26 Å². The molecule has 4 N–H and O–H groups in total. The van der Waals surface area contributed by atoms with Crippen LogP contribution in [-0.2, 0) is 9.53 Å². The van der Waals surface area contributed by atoms with Gasteiger partial charge >= 0.3 is 0 Å². The van der Waals surface area contributed by atoms with Gasteiger partial charge in [-0.2, -0.15) is 10.2 Å². The summed E-state index contributed by atoms with van der Waals surface area (Å²) in [6.07, 6.45) is 6.53. The molecule has 182 valence electrons. The highest BCUT2D eigenvalue weighted by molar-refractivity contribution is 6.33. The number of fused-ring (bicyclic) bond motifs is 1. The molecule has 2 aromatic heterocycles. The van der Waals surface area contributed by atoms with Gasteiger partial charge in [-0.1, -0.05) is 11.6 Å². The van der Waals surface area contributed by atoms with Crippen LogP contribution in [0.4, 0.5) is 17.6 Å². The third-order valence-electron chi connectivity index (χ3n) is 6.80. The van der Waals surface area contributed by atoms with Crippen molar-refractivity contribution in [3.05, 3.63) is 35.0 Å². The average molecular weight is 495 g/mol. The van der Waals surface area contributed by atoms with Crippen molar-refractivity contribution >= 4 is 46.3 Å². The van der Waals surface area contributed by atoms with Gasteiger partial charge in [0, 0.05) is 31.2 Å². The van der Waals surface area contributed by atoms with Crippen molar-refractivity contribution < 1.29 is 9.53 Å². The van der Waals surface area contributed by atoms with E-state index in [1.807, 2.05) is 0 Å². The zero-order valence-electron chi connectivity index (χ0n) is 19.2. The highest BCUT2D eigenvalue weighted by atomic mass is 35.5. The Kier molecular flexibility index (Phi) is 6.70. The number of ether oxygens (including phenoxy) is 1. The predicted molar refractivity (Wildman–Crippen MR) is 132 cm³/mol. The maximum Gasteiger partial charge on any atom is 0.224 e. The second-order valence-electron chi connectivity index (χ2n) is 9.08. The van der Waals surface area contributed by atoms with Gasteiger partial charge in [-0.3, -0.25) is 9.36 Å². The van der Waals surface area contributed by atoms with Crippen LogP contribution in [0, 0.1) is 17.2 Å². The standard InChI is InChI=1S/C24H27ClN8O2/c25-18-11-14(12-26)1-6-19(18)30-24-31-20-13-28-23(29-16-7-9-35-10-8-16)32-22(20)33(24)17-4-2-15(3-5-17)21(27)34/h1,6,11,13,15-17H,2-5,7-10H2,(H2,27,34)(H,30,31)(H,28,29,32). The summed E-state index contributed by atoms with van der Waals surface area (Å²) in [5.74, 6) is 0.795. The first-order valence-corrected chi connectivity index (χ1v) is 12.2. The SMILES string of the molecule is N#Cc1ccc(Nc2nc3cnc(NC4CCOCC4)nc3n2C2CCC(C(N)=O)CC2)c(Cl)c1. The van der Waals surface area contributed by atoms with E-state index < -0.39 is 0 Å². The molecule has 0 radical (unpaired) electrons. The predicted octanol–water partition coefficient (Wildman–Crippen LogP) is 3.90. The topological polar surface area (TPSA) is 144 Å². The first-order chi connectivity index (χ1) is 17.0. The molecule has 0 unspecified atom stereocenters. The Morgan fingerprint density at radius 1 is 1.17 bits per heavy atom. The lowest BCUT2D eigenvalue weighted by atomic mass is 9.85. The van der Waals surface area contributed by atoms with Gasteiger partial charge < -0.3 is 21.1 Å². The highest BCUT2D eigenvalue weighted by Crippen LogP contribution is 2.37. The number of anilines is 3. The Morgan fingerprint density at radius 2 is 1.94 bits per heavy atom. The van der Waals surface area contributed by atoms with Gasteiger partial charge in [0.15, 0.2) is 5.65 Å². The minimum atomic E-state index is -0.244. The van der Waals surface area contributed by atoms with Gasteiger partial charge in [-0.15, -0.1) is 0 Å². The van der Waals surface area contributed by atoms with Gasteiger partial charge in [0.1, 0.15) is 5.52 Å². The average Bonchev–Trinajstić information content (AvgIpc) is 3.23. The van der Waals surface area contributed by atoms with Crippen LogP contribution in [0.1, 0.15) is 50.1 Å². The first kappa shape index (κ1) is 23.3. The molecule has 35 heavy (non-hydrogen) atoms. The molecule has 1 aromatic carbocycles. The Morgan fingerprint density at radius 3 is 2.63 bits per heavy atom. The van der Waals surface area contributed by atoms with Crippen molar-refractivity contribution in [1.82, 2.24) is 19.5 Å². The van der Waals surface area contributed by atoms with Crippen LogP contribution in [0.25, 0.3) is 11.2 Å². The molecule has 1 aliphatic carbocycles. The fraction of sp³-hybridized carbons (Fsp3) is 0.458. The molecule has 1 aliphatic heterocycles. The molecule has 5 rings (SSSR count). The third-order valence-corrected chi connectivity index (χ3v) is 7.11. The number of carbonyl (C=O) groups is 1. The number of nitrogens with two attached hydrogens (primary N) is 1.